The van der Waals surface area contributed by atoms with Gasteiger partial charge >= 0.3 is 5.97 Å². The second-order valence-corrected chi connectivity index (χ2v) is 4.01. The molecule has 0 aliphatic carbocycles. The number of hydrogen-bond donors (Lipinski definition) is 1. The molecule has 0 bridgehead atoms. The quantitative estimate of drug-likeness (QED) is 0.793. The Kier molecular flexibility index (Phi) is 3.58. The molecule has 0 fully saturated rings. The zero-order valence-electron chi connectivity index (χ0n) is 8.06. The number of aromatic carboxylic acids is 1. The summed E-state index contributed by atoms with van der Waals surface area (Å²) >= 11 is 0.908. The van der Waals surface area contributed by atoms with Crippen LogP contribution in [0.25, 0.3) is 0 Å². The third kappa shape index (κ3) is 2.42. The van der Waals surface area contributed by atoms with Crippen molar-refractivity contribution >= 4 is 23.1 Å². The Labute approximate surface area is 90.8 Å². The van der Waals surface area contributed by atoms with Gasteiger partial charge in [-0.1, -0.05) is 6.92 Å². The molecule has 78 valence electrons. The maximum absolute atomic E-state index is 11.6. The molecule has 1 N–H and O–H groups in total. The molecule has 0 saturated carbocycles. The van der Waals surface area contributed by atoms with Gasteiger partial charge in [0.15, 0.2) is 5.78 Å². The van der Waals surface area contributed by atoms with Crippen LogP contribution in [0.5, 0.6) is 0 Å². The number of rotatable bonds is 4. The lowest BCUT2D eigenvalue weighted by Gasteiger charge is -2.00. The van der Waals surface area contributed by atoms with E-state index in [0.29, 0.717) is 11.3 Å². The average Bonchev–Trinajstić information content (AvgIpc) is 2.68. The van der Waals surface area contributed by atoms with Gasteiger partial charge in [0.05, 0.1) is 10.9 Å². The van der Waals surface area contributed by atoms with Crippen molar-refractivity contribution in [3.05, 3.63) is 21.9 Å². The number of thiophene rings is 1. The fraction of sp³-hybridized carbons (Fsp3) is 0.300. The molecule has 5 heteroatoms. The number of carbonyl (C=O) groups excluding carboxylic acids is 1. The first-order valence-electron chi connectivity index (χ1n) is 4.37. The van der Waals surface area contributed by atoms with E-state index in [1.165, 1.54) is 12.1 Å². The largest absolute Gasteiger partial charge is 0.477 e. The van der Waals surface area contributed by atoms with E-state index in [4.69, 9.17) is 10.4 Å². The first-order valence-corrected chi connectivity index (χ1v) is 5.18. The van der Waals surface area contributed by atoms with Gasteiger partial charge in [0.1, 0.15) is 10.8 Å². The molecule has 1 heterocycles. The topological polar surface area (TPSA) is 78.2 Å². The summed E-state index contributed by atoms with van der Waals surface area (Å²) in [6.07, 6.45) is 0.440. The van der Waals surface area contributed by atoms with E-state index < -0.39 is 11.9 Å². The van der Waals surface area contributed by atoms with Crippen molar-refractivity contribution in [2.75, 3.05) is 0 Å². The van der Waals surface area contributed by atoms with Crippen molar-refractivity contribution in [2.45, 2.75) is 13.3 Å². The first kappa shape index (κ1) is 11.4. The highest BCUT2D eigenvalue weighted by atomic mass is 32.1. The smallest absolute Gasteiger partial charge is 0.345 e. The number of ketones is 1. The summed E-state index contributed by atoms with van der Waals surface area (Å²) in [5.41, 5.74) is 0. The van der Waals surface area contributed by atoms with E-state index in [-0.39, 0.29) is 10.7 Å². The molecule has 1 aromatic heterocycles. The maximum atomic E-state index is 11.6. The second-order valence-electron chi connectivity index (χ2n) is 2.92. The van der Waals surface area contributed by atoms with Gasteiger partial charge in [0.2, 0.25) is 0 Å². The molecule has 0 aliphatic heterocycles. The predicted octanol–water partition coefficient (Wildman–Crippen LogP) is 2.18. The minimum atomic E-state index is -1.05. The molecule has 15 heavy (non-hydrogen) atoms. The minimum absolute atomic E-state index is 0.117. The molecule has 1 aromatic rings. The summed E-state index contributed by atoms with van der Waals surface area (Å²) < 4.78 is 0. The lowest BCUT2D eigenvalue weighted by Crippen LogP contribution is -2.10. The van der Waals surface area contributed by atoms with E-state index in [0.717, 1.165) is 11.3 Å². The van der Waals surface area contributed by atoms with Crippen LogP contribution in [0.1, 0.15) is 32.7 Å². The van der Waals surface area contributed by atoms with Gasteiger partial charge in [0, 0.05) is 0 Å². The Morgan fingerprint density at radius 3 is 2.53 bits per heavy atom. The maximum Gasteiger partial charge on any atom is 0.345 e. The first-order chi connectivity index (χ1) is 7.10. The van der Waals surface area contributed by atoms with Crippen molar-refractivity contribution in [2.24, 2.45) is 5.92 Å². The van der Waals surface area contributed by atoms with Crippen LogP contribution in [0.15, 0.2) is 12.1 Å². The van der Waals surface area contributed by atoms with E-state index in [2.05, 4.69) is 0 Å². The predicted molar refractivity (Wildman–Crippen MR) is 55.0 cm³/mol. The van der Waals surface area contributed by atoms with Crippen LogP contribution in [0, 0.1) is 17.2 Å². The van der Waals surface area contributed by atoms with Gasteiger partial charge in [-0.2, -0.15) is 5.26 Å². The number of carbonyl (C=O) groups is 2. The fourth-order valence-electron chi connectivity index (χ4n) is 1.09. The molecule has 0 aliphatic rings. The van der Waals surface area contributed by atoms with Crippen LogP contribution < -0.4 is 0 Å². The van der Waals surface area contributed by atoms with Crippen molar-refractivity contribution in [1.82, 2.24) is 0 Å². The highest BCUT2D eigenvalue weighted by Crippen LogP contribution is 2.21. The molecular weight excluding hydrogens is 214 g/mol. The van der Waals surface area contributed by atoms with E-state index in [9.17, 15) is 9.59 Å². The summed E-state index contributed by atoms with van der Waals surface area (Å²) in [5, 5.41) is 17.4. The second kappa shape index (κ2) is 4.71. The third-order valence-corrected chi connectivity index (χ3v) is 3.03. The van der Waals surface area contributed by atoms with Crippen LogP contribution in [-0.2, 0) is 0 Å². The summed E-state index contributed by atoms with van der Waals surface area (Å²) in [6.45, 7) is 1.75. The molecule has 1 rings (SSSR count). The Bertz CT molecular complexity index is 430. The lowest BCUT2D eigenvalue weighted by atomic mass is 10.0. The van der Waals surface area contributed by atoms with Crippen molar-refractivity contribution in [3.63, 3.8) is 0 Å². The Hall–Kier alpha value is -1.67. The molecule has 0 radical (unpaired) electrons. The zero-order chi connectivity index (χ0) is 11.4. The SMILES string of the molecule is CCC(C#N)C(=O)c1ccc(C(=O)O)s1. The van der Waals surface area contributed by atoms with E-state index in [1.54, 1.807) is 6.92 Å². The molecule has 0 aromatic carbocycles. The van der Waals surface area contributed by atoms with Crippen LogP contribution in [0.3, 0.4) is 0 Å². The van der Waals surface area contributed by atoms with E-state index in [1.807, 2.05) is 6.07 Å². The number of hydrogen-bond acceptors (Lipinski definition) is 4. The fourth-order valence-corrected chi connectivity index (χ4v) is 1.93. The van der Waals surface area contributed by atoms with Gasteiger partial charge in [-0.15, -0.1) is 11.3 Å². The van der Waals surface area contributed by atoms with Gasteiger partial charge in [-0.3, -0.25) is 4.79 Å². The van der Waals surface area contributed by atoms with E-state index >= 15 is 0 Å². The monoisotopic (exact) mass is 223 g/mol. The van der Waals surface area contributed by atoms with Crippen molar-refractivity contribution in [1.29, 1.82) is 5.26 Å². The van der Waals surface area contributed by atoms with Crippen LogP contribution in [0.4, 0.5) is 0 Å². The average molecular weight is 223 g/mol. The number of carboxylic acids is 1. The minimum Gasteiger partial charge on any atom is -0.477 e. The molecule has 0 spiro atoms. The molecule has 1 atom stereocenters. The number of Topliss-reactive ketones (excluding diaryl/α,β-unsaturated/α-hetero) is 1. The number of carboxylic acid groups (broad SMARTS) is 1. The lowest BCUT2D eigenvalue weighted by molar-refractivity contribution is 0.0702. The Morgan fingerprint density at radius 1 is 1.53 bits per heavy atom. The molecule has 0 amide bonds. The Balaban J connectivity index is 2.93. The third-order valence-electron chi connectivity index (χ3n) is 1.94. The zero-order valence-corrected chi connectivity index (χ0v) is 8.87. The Morgan fingerprint density at radius 2 is 2.13 bits per heavy atom. The van der Waals surface area contributed by atoms with Crippen LogP contribution in [-0.4, -0.2) is 16.9 Å². The highest BCUT2D eigenvalue weighted by molar-refractivity contribution is 7.15. The van der Waals surface area contributed by atoms with Crippen molar-refractivity contribution in [3.8, 4) is 6.07 Å². The summed E-state index contributed by atoms with van der Waals surface area (Å²) in [7, 11) is 0. The molecule has 0 saturated heterocycles. The van der Waals surface area contributed by atoms with Gasteiger partial charge < -0.3 is 5.11 Å². The molecular formula is C10H9NO3S. The molecule has 4 nitrogen and oxygen atoms in total. The van der Waals surface area contributed by atoms with Crippen molar-refractivity contribution < 1.29 is 14.7 Å². The summed E-state index contributed by atoms with van der Waals surface area (Å²) in [6, 6.07) is 4.73. The summed E-state index contributed by atoms with van der Waals surface area (Å²) in [4.78, 5) is 22.7. The molecule has 1 unspecified atom stereocenters. The van der Waals surface area contributed by atoms with Gasteiger partial charge in [-0.25, -0.2) is 4.79 Å². The van der Waals surface area contributed by atoms with Gasteiger partial charge in [0.25, 0.3) is 0 Å². The number of nitrogens with zero attached hydrogens (tertiary/aromatic N) is 1. The normalized spacial score (nSPS) is 11.7. The number of nitriles is 1. The summed E-state index contributed by atoms with van der Waals surface area (Å²) in [5.74, 6) is -2.02. The standard InChI is InChI=1S/C10H9NO3S/c1-2-6(5-11)9(12)7-3-4-8(15-7)10(13)14/h3-4,6H,2H2,1H3,(H,13,14). The van der Waals surface area contributed by atoms with Crippen LogP contribution in [0.2, 0.25) is 0 Å². The van der Waals surface area contributed by atoms with Crippen LogP contribution >= 0.6 is 11.3 Å². The van der Waals surface area contributed by atoms with Gasteiger partial charge in [-0.05, 0) is 18.6 Å². The highest BCUT2D eigenvalue weighted by Gasteiger charge is 2.20.